The van der Waals surface area contributed by atoms with Crippen LogP contribution in [0.5, 0.6) is 0 Å². The molecule has 5 heteroatoms. The van der Waals surface area contributed by atoms with E-state index in [4.69, 9.17) is 4.74 Å². The van der Waals surface area contributed by atoms with E-state index in [1.54, 1.807) is 0 Å². The highest BCUT2D eigenvalue weighted by Gasteiger charge is 2.32. The summed E-state index contributed by atoms with van der Waals surface area (Å²) in [6.07, 6.45) is 2.80. The van der Waals surface area contributed by atoms with Crippen molar-refractivity contribution in [1.82, 2.24) is 9.88 Å². The maximum absolute atomic E-state index is 12.3. The van der Waals surface area contributed by atoms with Crippen molar-refractivity contribution in [1.29, 1.82) is 0 Å². The minimum Gasteiger partial charge on any atom is -0.379 e. The third-order valence-electron chi connectivity index (χ3n) is 3.24. The van der Waals surface area contributed by atoms with Crippen LogP contribution < -0.4 is 5.32 Å². The fourth-order valence-electron chi connectivity index (χ4n) is 2.16. The summed E-state index contributed by atoms with van der Waals surface area (Å²) in [5, 5.41) is 3.07. The van der Waals surface area contributed by atoms with E-state index in [1.165, 1.54) is 0 Å². The molecule has 0 bridgehead atoms. The molecule has 1 amide bonds. The van der Waals surface area contributed by atoms with E-state index in [-0.39, 0.29) is 17.5 Å². The molecule has 1 fully saturated rings. The number of ether oxygens (including phenoxy) is 1. The Labute approximate surface area is 116 Å². The van der Waals surface area contributed by atoms with Crippen molar-refractivity contribution >= 4 is 21.8 Å². The molecule has 0 aliphatic carbocycles. The zero-order chi connectivity index (χ0) is 13.3. The van der Waals surface area contributed by atoms with Crippen molar-refractivity contribution in [2.75, 3.05) is 13.2 Å². The monoisotopic (exact) mass is 314 g/mol. The Morgan fingerprint density at radius 3 is 2.89 bits per heavy atom. The van der Waals surface area contributed by atoms with Crippen LogP contribution >= 0.6 is 15.9 Å². The van der Waals surface area contributed by atoms with Crippen molar-refractivity contribution < 1.29 is 9.53 Å². The number of nitrogens with zero attached hydrogens (tertiary/aromatic N) is 1. The summed E-state index contributed by atoms with van der Waals surface area (Å²) in [4.78, 5) is 12.3. The Morgan fingerprint density at radius 2 is 2.33 bits per heavy atom. The topological polar surface area (TPSA) is 43.3 Å². The highest BCUT2D eigenvalue weighted by molar-refractivity contribution is 9.10. The number of hydrogen-bond acceptors (Lipinski definition) is 2. The standard InChI is InChI=1S/C13H19BrN2O2/c1-9(2)16-7-10(14)6-11(16)12(17)15-13(3)4-5-18-8-13/h6-7,9H,4-5,8H2,1-3H3,(H,15,17). The lowest BCUT2D eigenvalue weighted by Gasteiger charge is -2.24. The Bertz CT molecular complexity index is 448. The third kappa shape index (κ3) is 2.78. The summed E-state index contributed by atoms with van der Waals surface area (Å²) in [7, 11) is 0. The first kappa shape index (κ1) is 13.6. The average Bonchev–Trinajstić information content (AvgIpc) is 2.85. The minimum absolute atomic E-state index is 0.0394. The molecule has 18 heavy (non-hydrogen) atoms. The Balaban J connectivity index is 2.18. The van der Waals surface area contributed by atoms with E-state index in [0.717, 1.165) is 10.9 Å². The zero-order valence-electron chi connectivity index (χ0n) is 11.0. The van der Waals surface area contributed by atoms with Crippen LogP contribution in [0.25, 0.3) is 0 Å². The van der Waals surface area contributed by atoms with Gasteiger partial charge in [-0.05, 0) is 49.2 Å². The van der Waals surface area contributed by atoms with E-state index < -0.39 is 0 Å². The summed E-state index contributed by atoms with van der Waals surface area (Å²) >= 11 is 3.42. The van der Waals surface area contributed by atoms with E-state index in [1.807, 2.05) is 23.8 Å². The lowest BCUT2D eigenvalue weighted by Crippen LogP contribution is -2.47. The van der Waals surface area contributed by atoms with E-state index in [0.29, 0.717) is 18.9 Å². The van der Waals surface area contributed by atoms with Crippen molar-refractivity contribution in [3.63, 3.8) is 0 Å². The van der Waals surface area contributed by atoms with Gasteiger partial charge in [0.05, 0.1) is 12.1 Å². The molecule has 0 aromatic carbocycles. The normalized spacial score (nSPS) is 23.6. The highest BCUT2D eigenvalue weighted by Crippen LogP contribution is 2.22. The lowest BCUT2D eigenvalue weighted by molar-refractivity contribution is 0.0879. The minimum atomic E-state index is -0.240. The lowest BCUT2D eigenvalue weighted by atomic mass is 10.0. The van der Waals surface area contributed by atoms with Crippen molar-refractivity contribution in [2.45, 2.75) is 38.8 Å². The highest BCUT2D eigenvalue weighted by atomic mass is 79.9. The van der Waals surface area contributed by atoms with Gasteiger partial charge in [0.25, 0.3) is 5.91 Å². The summed E-state index contributed by atoms with van der Waals surface area (Å²) in [6, 6.07) is 2.11. The number of aromatic nitrogens is 1. The number of carbonyl (C=O) groups excluding carboxylic acids is 1. The molecule has 1 aliphatic rings. The van der Waals surface area contributed by atoms with Crippen LogP contribution in [-0.4, -0.2) is 29.2 Å². The van der Waals surface area contributed by atoms with Gasteiger partial charge < -0.3 is 14.6 Å². The van der Waals surface area contributed by atoms with Crippen LogP contribution in [0, 0.1) is 0 Å². The van der Waals surface area contributed by atoms with Crippen LogP contribution in [0.2, 0.25) is 0 Å². The second-order valence-electron chi connectivity index (χ2n) is 5.36. The fraction of sp³-hybridized carbons (Fsp3) is 0.615. The predicted molar refractivity (Wildman–Crippen MR) is 73.8 cm³/mol. The van der Waals surface area contributed by atoms with Gasteiger partial charge in [0, 0.05) is 23.3 Å². The molecule has 1 unspecified atom stereocenters. The van der Waals surface area contributed by atoms with E-state index >= 15 is 0 Å². The number of nitrogens with one attached hydrogen (secondary N) is 1. The molecular formula is C13H19BrN2O2. The molecular weight excluding hydrogens is 296 g/mol. The van der Waals surface area contributed by atoms with Gasteiger partial charge in [0.15, 0.2) is 0 Å². The van der Waals surface area contributed by atoms with Gasteiger partial charge in [-0.25, -0.2) is 0 Å². The van der Waals surface area contributed by atoms with Crippen LogP contribution in [0.3, 0.4) is 0 Å². The Hall–Kier alpha value is -0.810. The fourth-order valence-corrected chi connectivity index (χ4v) is 2.60. The van der Waals surface area contributed by atoms with Gasteiger partial charge in [0.1, 0.15) is 5.69 Å². The van der Waals surface area contributed by atoms with Crippen LogP contribution in [0.15, 0.2) is 16.7 Å². The molecule has 1 aromatic rings. The van der Waals surface area contributed by atoms with Crippen LogP contribution in [0.4, 0.5) is 0 Å². The molecule has 100 valence electrons. The van der Waals surface area contributed by atoms with Gasteiger partial charge >= 0.3 is 0 Å². The SMILES string of the molecule is CC(C)n1cc(Br)cc1C(=O)NC1(C)CCOC1. The molecule has 2 rings (SSSR count). The van der Waals surface area contributed by atoms with Gasteiger partial charge in [0.2, 0.25) is 0 Å². The van der Waals surface area contributed by atoms with Crippen LogP contribution in [-0.2, 0) is 4.74 Å². The largest absolute Gasteiger partial charge is 0.379 e. The molecule has 1 N–H and O–H groups in total. The van der Waals surface area contributed by atoms with Gasteiger partial charge in [-0.2, -0.15) is 0 Å². The average molecular weight is 315 g/mol. The summed E-state index contributed by atoms with van der Waals surface area (Å²) in [6.45, 7) is 7.44. The van der Waals surface area contributed by atoms with Gasteiger partial charge in [-0.3, -0.25) is 4.79 Å². The Morgan fingerprint density at radius 1 is 1.61 bits per heavy atom. The number of amides is 1. The molecule has 0 radical (unpaired) electrons. The summed E-state index contributed by atoms with van der Waals surface area (Å²) < 4.78 is 8.24. The number of hydrogen-bond donors (Lipinski definition) is 1. The molecule has 0 saturated carbocycles. The van der Waals surface area contributed by atoms with Crippen molar-refractivity contribution in [3.8, 4) is 0 Å². The Kier molecular flexibility index (Phi) is 3.82. The maximum atomic E-state index is 12.3. The molecule has 1 aliphatic heterocycles. The second-order valence-corrected chi connectivity index (χ2v) is 6.28. The number of halogens is 1. The van der Waals surface area contributed by atoms with E-state index in [9.17, 15) is 4.79 Å². The molecule has 1 aromatic heterocycles. The van der Waals surface area contributed by atoms with Crippen molar-refractivity contribution in [3.05, 3.63) is 22.4 Å². The first-order valence-corrected chi connectivity index (χ1v) is 6.98. The molecule has 4 nitrogen and oxygen atoms in total. The van der Waals surface area contributed by atoms with Gasteiger partial charge in [-0.1, -0.05) is 0 Å². The first-order valence-electron chi connectivity index (χ1n) is 6.19. The second kappa shape index (κ2) is 5.05. The predicted octanol–water partition coefficient (Wildman–Crippen LogP) is 2.74. The number of rotatable bonds is 3. The van der Waals surface area contributed by atoms with Crippen molar-refractivity contribution in [2.24, 2.45) is 0 Å². The third-order valence-corrected chi connectivity index (χ3v) is 3.67. The summed E-state index contributed by atoms with van der Waals surface area (Å²) in [5.41, 5.74) is 0.445. The zero-order valence-corrected chi connectivity index (χ0v) is 12.6. The molecule has 1 saturated heterocycles. The first-order chi connectivity index (χ1) is 8.41. The quantitative estimate of drug-likeness (QED) is 0.932. The molecule has 2 heterocycles. The van der Waals surface area contributed by atoms with Gasteiger partial charge in [-0.15, -0.1) is 0 Å². The smallest absolute Gasteiger partial charge is 0.268 e. The molecule has 1 atom stereocenters. The maximum Gasteiger partial charge on any atom is 0.268 e. The van der Waals surface area contributed by atoms with E-state index in [2.05, 4.69) is 35.1 Å². The number of carbonyl (C=O) groups is 1. The molecule has 0 spiro atoms. The summed E-state index contributed by atoms with van der Waals surface area (Å²) in [5.74, 6) is -0.0394. The van der Waals surface area contributed by atoms with Crippen LogP contribution in [0.1, 0.15) is 43.7 Å².